The van der Waals surface area contributed by atoms with E-state index >= 15 is 0 Å². The third kappa shape index (κ3) is 14.6. The van der Waals surface area contributed by atoms with Crippen molar-refractivity contribution in [3.8, 4) is 0 Å². The van der Waals surface area contributed by atoms with E-state index in [-0.39, 0.29) is 33.6 Å². The van der Waals surface area contributed by atoms with Crippen LogP contribution in [0.4, 0.5) is 0 Å². The molecule has 0 spiro atoms. The molecule has 2 atom stereocenters. The Hall–Kier alpha value is 1.71. The van der Waals surface area contributed by atoms with Gasteiger partial charge in [-0.2, -0.15) is 41.4 Å². The number of nitrogens with zero attached hydrogens (tertiary/aromatic N) is 3. The normalized spacial score (nSPS) is 20.4. The van der Waals surface area contributed by atoms with E-state index < -0.39 is 8.07 Å². The second kappa shape index (κ2) is 18.8. The second-order valence-corrected chi connectivity index (χ2v) is 12.0. The first-order valence-electron chi connectivity index (χ1n) is 6.56. The van der Waals surface area contributed by atoms with Crippen LogP contribution in [0.3, 0.4) is 0 Å². The average Bonchev–Trinajstić information content (AvgIpc) is 2.67. The fourth-order valence-electron chi connectivity index (χ4n) is 2.32. The molecule has 0 aromatic rings. The number of hydrogen-bond donors (Lipinski definition) is 0. The van der Waals surface area contributed by atoms with Gasteiger partial charge in [0, 0.05) is 12.0 Å². The minimum Gasteiger partial charge on any atom is -0.668 e. The van der Waals surface area contributed by atoms with Crippen molar-refractivity contribution in [3.63, 3.8) is 0 Å². The zero-order valence-electron chi connectivity index (χ0n) is 14.7. The largest absolute Gasteiger partial charge is 4.00 e. The maximum Gasteiger partial charge on any atom is 4.00 e. The van der Waals surface area contributed by atoms with E-state index in [0.29, 0.717) is 0 Å². The van der Waals surface area contributed by atoms with Crippen LogP contribution in [-0.2, 0) is 26.2 Å². The van der Waals surface area contributed by atoms with E-state index in [9.17, 15) is 0 Å². The molecule has 0 bridgehead atoms. The van der Waals surface area contributed by atoms with E-state index in [4.69, 9.17) is 0 Å². The van der Waals surface area contributed by atoms with Gasteiger partial charge in [-0.05, 0) is 12.0 Å². The smallest absolute Gasteiger partial charge is 0.668 e. The summed E-state index contributed by atoms with van der Waals surface area (Å²) in [4.78, 5) is 0. The van der Waals surface area contributed by atoms with Gasteiger partial charge >= 0.3 is 26.2 Å². The van der Waals surface area contributed by atoms with Crippen LogP contribution in [0.25, 0.3) is 16.0 Å². The maximum absolute atomic E-state index is 4.34. The summed E-state index contributed by atoms with van der Waals surface area (Å²) in [5, 5.41) is 11.3. The van der Waals surface area contributed by atoms with Crippen molar-refractivity contribution in [2.75, 3.05) is 41.4 Å². The Balaban J connectivity index is -0.000000139. The maximum atomic E-state index is 4.34. The van der Waals surface area contributed by atoms with Gasteiger partial charge in [0.1, 0.15) is 0 Å². The standard InChI is InChI=1S/C9H19INSi.2C2H6N.CH3.Zr/c1-11-7-12(2,3)9-6-4-5-8(9)10;2*1-3-2;;/h8-9H,4-7H2,1-3H3;2*1-2H3;1H3;/q4*-1;+4. The Morgan fingerprint density at radius 1 is 1.00 bits per heavy atom. The first-order valence-corrected chi connectivity index (χ1v) is 11.1. The van der Waals surface area contributed by atoms with Gasteiger partial charge in [-0.1, -0.05) is 48.5 Å². The molecule has 0 saturated heterocycles. The summed E-state index contributed by atoms with van der Waals surface area (Å²) >= 11 is 2.65. The molecular weight excluding hydrogens is 456 g/mol. The quantitative estimate of drug-likeness (QED) is 0.224. The molecule has 0 aromatic heterocycles. The number of hydrogen-bond acceptors (Lipinski definition) is 0. The van der Waals surface area contributed by atoms with Crippen LogP contribution in [0.1, 0.15) is 19.3 Å². The van der Waals surface area contributed by atoms with Gasteiger partial charge in [-0.15, -0.1) is 0 Å². The zero-order valence-corrected chi connectivity index (χ0v) is 20.3. The summed E-state index contributed by atoms with van der Waals surface area (Å²) in [7, 11) is 7.96. The number of halogens is 1. The Bertz CT molecular complexity index is 184. The van der Waals surface area contributed by atoms with Gasteiger partial charge in [-0.3, -0.25) is 0 Å². The van der Waals surface area contributed by atoms with Crippen molar-refractivity contribution in [2.24, 2.45) is 0 Å². The third-order valence-electron chi connectivity index (χ3n) is 3.00. The SMILES string of the molecule is C[N-]C.C[N-]C.C[N-]C[Si](C)(C)C1CCCC1I.[CH3-].[Zr+4]. The van der Waals surface area contributed by atoms with Gasteiger partial charge in [0.15, 0.2) is 0 Å². The van der Waals surface area contributed by atoms with E-state index in [1.54, 1.807) is 28.2 Å². The van der Waals surface area contributed by atoms with Crippen LogP contribution in [0.5, 0.6) is 0 Å². The molecule has 0 N–H and O–H groups in total. The summed E-state index contributed by atoms with van der Waals surface area (Å²) in [6.45, 7) is 5.00. The molecule has 20 heavy (non-hydrogen) atoms. The fourth-order valence-corrected chi connectivity index (χ4v) is 9.22. The molecule has 120 valence electrons. The van der Waals surface area contributed by atoms with Crippen molar-refractivity contribution in [2.45, 2.75) is 41.8 Å². The molecular formula is C14H34IN3SiZr. The fraction of sp³-hybridized carbons (Fsp3) is 0.929. The Morgan fingerprint density at radius 2 is 1.40 bits per heavy atom. The van der Waals surface area contributed by atoms with Crippen LogP contribution in [-0.4, -0.2) is 53.4 Å². The monoisotopic (exact) mass is 489 g/mol. The molecule has 6 heteroatoms. The van der Waals surface area contributed by atoms with Crippen molar-refractivity contribution in [1.82, 2.24) is 0 Å². The summed E-state index contributed by atoms with van der Waals surface area (Å²) in [6.07, 6.45) is 5.54. The molecule has 3 nitrogen and oxygen atoms in total. The summed E-state index contributed by atoms with van der Waals surface area (Å²) < 4.78 is 0.950. The van der Waals surface area contributed by atoms with Gasteiger partial charge in [0.05, 0.1) is 0 Å². The van der Waals surface area contributed by atoms with Gasteiger partial charge in [-0.25, -0.2) is 0 Å². The van der Waals surface area contributed by atoms with Crippen molar-refractivity contribution in [3.05, 3.63) is 23.4 Å². The van der Waals surface area contributed by atoms with Gasteiger partial charge < -0.3 is 23.4 Å². The molecule has 1 fully saturated rings. The average molecular weight is 491 g/mol. The minimum absolute atomic E-state index is 0. The Morgan fingerprint density at radius 3 is 1.65 bits per heavy atom. The van der Waals surface area contributed by atoms with Crippen molar-refractivity contribution in [1.29, 1.82) is 0 Å². The van der Waals surface area contributed by atoms with Crippen LogP contribution < -0.4 is 0 Å². The van der Waals surface area contributed by atoms with E-state index in [1.807, 2.05) is 7.05 Å². The molecule has 0 heterocycles. The third-order valence-corrected chi connectivity index (χ3v) is 9.00. The van der Waals surface area contributed by atoms with E-state index in [2.05, 4.69) is 51.6 Å². The Labute approximate surface area is 162 Å². The van der Waals surface area contributed by atoms with E-state index in [0.717, 1.165) is 15.6 Å². The van der Waals surface area contributed by atoms with Crippen molar-refractivity contribution >= 4 is 30.7 Å². The molecule has 0 aromatic carbocycles. The molecule has 0 amide bonds. The van der Waals surface area contributed by atoms with Crippen LogP contribution >= 0.6 is 22.6 Å². The first kappa shape index (κ1) is 29.7. The van der Waals surface area contributed by atoms with Crippen LogP contribution in [0.15, 0.2) is 0 Å². The summed E-state index contributed by atoms with van der Waals surface area (Å²) in [5.41, 5.74) is 1.03. The number of alkyl halides is 1. The topological polar surface area (TPSA) is 42.3 Å². The van der Waals surface area contributed by atoms with Crippen LogP contribution in [0.2, 0.25) is 18.6 Å². The van der Waals surface area contributed by atoms with Gasteiger partial charge in [0.2, 0.25) is 0 Å². The van der Waals surface area contributed by atoms with E-state index in [1.165, 1.54) is 19.3 Å². The minimum atomic E-state index is -1.01. The molecule has 0 radical (unpaired) electrons. The van der Waals surface area contributed by atoms with Crippen LogP contribution in [0, 0.1) is 7.43 Å². The van der Waals surface area contributed by atoms with Gasteiger partial charge in [0.25, 0.3) is 0 Å². The number of rotatable bonds is 3. The molecule has 0 aliphatic heterocycles. The van der Waals surface area contributed by atoms with Crippen molar-refractivity contribution < 1.29 is 26.2 Å². The molecule has 1 aliphatic rings. The second-order valence-electron chi connectivity index (χ2n) is 5.41. The predicted molar refractivity (Wildman–Crippen MR) is 104 cm³/mol. The molecule has 1 saturated carbocycles. The molecule has 1 aliphatic carbocycles. The summed E-state index contributed by atoms with van der Waals surface area (Å²) in [5.74, 6) is 0. The predicted octanol–water partition coefficient (Wildman–Crippen LogP) is 5.28. The molecule has 1 rings (SSSR count). The first-order chi connectivity index (χ1) is 8.40. The summed E-state index contributed by atoms with van der Waals surface area (Å²) in [6, 6.07) is 0. The Kier molecular flexibility index (Phi) is 27.8. The molecule has 2 unspecified atom stereocenters. The zero-order chi connectivity index (χ0) is 14.6.